The number of carbonyl (C=O) groups excluding carboxylic acids is 2. The number of para-hydroxylation sites is 2. The molecule has 1 aliphatic rings. The summed E-state index contributed by atoms with van der Waals surface area (Å²) in [6, 6.07) is 13.7. The van der Waals surface area contributed by atoms with E-state index in [4.69, 9.17) is 0 Å². The lowest BCUT2D eigenvalue weighted by Crippen LogP contribution is -2.30. The standard InChI is InChI=1S/C21H20N4O2S2/c1-12-7-6-8-13(2)18(12)23-17(26)11-16-19(27)25(3)21(29-16)24-20-22-14-9-4-5-10-15(14)28-20/h4-10,16H,11H2,1-3H3,(H,23,26)/t16-/m1/s1. The van der Waals surface area contributed by atoms with Crippen LogP contribution >= 0.6 is 23.1 Å². The molecule has 2 aromatic carbocycles. The maximum absolute atomic E-state index is 12.6. The van der Waals surface area contributed by atoms with Gasteiger partial charge < -0.3 is 5.32 Å². The zero-order valence-corrected chi connectivity index (χ0v) is 17.9. The maximum Gasteiger partial charge on any atom is 0.242 e. The predicted molar refractivity (Wildman–Crippen MR) is 120 cm³/mol. The van der Waals surface area contributed by atoms with Crippen molar-refractivity contribution in [2.75, 3.05) is 12.4 Å². The van der Waals surface area contributed by atoms with E-state index in [1.165, 1.54) is 28.0 Å². The first-order chi connectivity index (χ1) is 13.9. The molecule has 2 heterocycles. The van der Waals surface area contributed by atoms with Crippen LogP contribution in [0.15, 0.2) is 47.5 Å². The van der Waals surface area contributed by atoms with Crippen molar-refractivity contribution >= 4 is 61.1 Å². The minimum atomic E-state index is -0.488. The van der Waals surface area contributed by atoms with Crippen molar-refractivity contribution in [3.05, 3.63) is 53.6 Å². The normalized spacial score (nSPS) is 18.0. The molecule has 1 atom stereocenters. The second-order valence-electron chi connectivity index (χ2n) is 6.88. The third kappa shape index (κ3) is 4.04. The zero-order valence-electron chi connectivity index (χ0n) is 16.3. The van der Waals surface area contributed by atoms with Crippen LogP contribution in [0.25, 0.3) is 10.2 Å². The molecule has 6 nitrogen and oxygen atoms in total. The fourth-order valence-electron chi connectivity index (χ4n) is 3.16. The summed E-state index contributed by atoms with van der Waals surface area (Å²) >= 11 is 2.79. The topological polar surface area (TPSA) is 74.7 Å². The lowest BCUT2D eigenvalue weighted by molar-refractivity contribution is -0.127. The van der Waals surface area contributed by atoms with Crippen LogP contribution in [-0.2, 0) is 9.59 Å². The molecule has 0 radical (unpaired) electrons. The Morgan fingerprint density at radius 1 is 1.17 bits per heavy atom. The highest BCUT2D eigenvalue weighted by Crippen LogP contribution is 2.34. The lowest BCUT2D eigenvalue weighted by atomic mass is 10.1. The number of aryl methyl sites for hydroxylation is 2. The van der Waals surface area contributed by atoms with Gasteiger partial charge in [0.05, 0.1) is 10.2 Å². The van der Waals surface area contributed by atoms with Crippen LogP contribution in [-0.4, -0.2) is 39.2 Å². The highest BCUT2D eigenvalue weighted by molar-refractivity contribution is 8.15. The fourth-order valence-corrected chi connectivity index (χ4v) is 5.19. The molecule has 0 saturated carbocycles. The monoisotopic (exact) mass is 424 g/mol. The summed E-state index contributed by atoms with van der Waals surface area (Å²) in [6.45, 7) is 3.91. The molecule has 1 aliphatic heterocycles. The van der Waals surface area contributed by atoms with E-state index in [9.17, 15) is 9.59 Å². The summed E-state index contributed by atoms with van der Waals surface area (Å²) in [5.41, 5.74) is 3.70. The van der Waals surface area contributed by atoms with Crippen molar-refractivity contribution < 1.29 is 9.59 Å². The van der Waals surface area contributed by atoms with Gasteiger partial charge in [0.15, 0.2) is 5.17 Å². The Labute approximate surface area is 177 Å². The largest absolute Gasteiger partial charge is 0.326 e. The Kier molecular flexibility index (Phi) is 5.38. The molecule has 8 heteroatoms. The number of rotatable bonds is 4. The third-order valence-electron chi connectivity index (χ3n) is 4.73. The van der Waals surface area contributed by atoms with Gasteiger partial charge in [-0.1, -0.05) is 53.4 Å². The van der Waals surface area contributed by atoms with Gasteiger partial charge >= 0.3 is 0 Å². The first-order valence-electron chi connectivity index (χ1n) is 9.17. The minimum absolute atomic E-state index is 0.0977. The van der Waals surface area contributed by atoms with Crippen molar-refractivity contribution in [1.82, 2.24) is 9.88 Å². The molecule has 1 saturated heterocycles. The van der Waals surface area contributed by atoms with E-state index in [0.29, 0.717) is 10.3 Å². The minimum Gasteiger partial charge on any atom is -0.326 e. The molecule has 4 rings (SSSR count). The van der Waals surface area contributed by atoms with E-state index < -0.39 is 5.25 Å². The molecule has 0 unspecified atom stereocenters. The molecule has 29 heavy (non-hydrogen) atoms. The summed E-state index contributed by atoms with van der Waals surface area (Å²) < 4.78 is 1.05. The van der Waals surface area contributed by atoms with Crippen molar-refractivity contribution in [2.24, 2.45) is 4.99 Å². The SMILES string of the molecule is Cc1cccc(C)c1NC(=O)C[C@H]1SC(=Nc2nc3ccccc3s2)N(C)C1=O. The molecule has 3 aromatic rings. The Bertz CT molecular complexity index is 1090. The van der Waals surface area contributed by atoms with E-state index in [-0.39, 0.29) is 18.2 Å². The molecule has 1 N–H and O–H groups in total. The summed E-state index contributed by atoms with van der Waals surface area (Å²) in [5.74, 6) is -0.297. The number of nitrogens with one attached hydrogen (secondary N) is 1. The first kappa shape index (κ1) is 19.6. The molecular weight excluding hydrogens is 404 g/mol. The summed E-state index contributed by atoms with van der Waals surface area (Å²) in [5, 5.41) is 3.64. The van der Waals surface area contributed by atoms with Crippen LogP contribution in [0.1, 0.15) is 17.5 Å². The smallest absolute Gasteiger partial charge is 0.242 e. The van der Waals surface area contributed by atoms with Gasteiger partial charge in [0.2, 0.25) is 16.9 Å². The van der Waals surface area contributed by atoms with Gasteiger partial charge in [0, 0.05) is 19.2 Å². The number of nitrogens with zero attached hydrogens (tertiary/aromatic N) is 3. The quantitative estimate of drug-likeness (QED) is 0.669. The first-order valence-corrected chi connectivity index (χ1v) is 10.9. The third-order valence-corrected chi connectivity index (χ3v) is 6.89. The number of fused-ring (bicyclic) bond motifs is 1. The van der Waals surface area contributed by atoms with Crippen LogP contribution in [0.3, 0.4) is 0 Å². The highest BCUT2D eigenvalue weighted by atomic mass is 32.2. The Morgan fingerprint density at radius 3 is 2.62 bits per heavy atom. The lowest BCUT2D eigenvalue weighted by Gasteiger charge is -2.12. The van der Waals surface area contributed by atoms with Gasteiger partial charge in [-0.25, -0.2) is 4.98 Å². The number of thiazole rings is 1. The highest BCUT2D eigenvalue weighted by Gasteiger charge is 2.37. The molecule has 1 fully saturated rings. The summed E-state index contributed by atoms with van der Waals surface area (Å²) in [6.07, 6.45) is 0.0977. The number of amides is 2. The van der Waals surface area contributed by atoms with Crippen molar-refractivity contribution in [3.63, 3.8) is 0 Å². The molecule has 148 valence electrons. The van der Waals surface area contributed by atoms with Gasteiger partial charge in [-0.2, -0.15) is 4.99 Å². The zero-order chi connectivity index (χ0) is 20.5. The number of aromatic nitrogens is 1. The Balaban J connectivity index is 1.48. The van der Waals surface area contributed by atoms with Crippen LogP contribution in [0.5, 0.6) is 0 Å². The van der Waals surface area contributed by atoms with Crippen LogP contribution in [0.2, 0.25) is 0 Å². The van der Waals surface area contributed by atoms with Crippen molar-refractivity contribution in [2.45, 2.75) is 25.5 Å². The number of anilines is 1. The van der Waals surface area contributed by atoms with E-state index in [0.717, 1.165) is 27.0 Å². The van der Waals surface area contributed by atoms with E-state index in [2.05, 4.69) is 15.3 Å². The number of aliphatic imine (C=N–C) groups is 1. The second-order valence-corrected chi connectivity index (χ2v) is 9.06. The van der Waals surface area contributed by atoms with Gasteiger partial charge in [0.1, 0.15) is 5.25 Å². The van der Waals surface area contributed by atoms with E-state index in [1.807, 2.05) is 56.3 Å². The molecular formula is C21H20N4O2S2. The number of hydrogen-bond acceptors (Lipinski definition) is 6. The number of thioether (sulfide) groups is 1. The van der Waals surface area contributed by atoms with Gasteiger partial charge in [-0.3, -0.25) is 14.5 Å². The average Bonchev–Trinajstić information content (AvgIpc) is 3.21. The number of carbonyl (C=O) groups is 2. The van der Waals surface area contributed by atoms with Gasteiger partial charge in [-0.15, -0.1) is 0 Å². The molecule has 2 amide bonds. The molecule has 0 spiro atoms. The Hall–Kier alpha value is -2.71. The Morgan fingerprint density at radius 2 is 1.90 bits per heavy atom. The number of hydrogen-bond donors (Lipinski definition) is 1. The predicted octanol–water partition coefficient (Wildman–Crippen LogP) is 4.50. The van der Waals surface area contributed by atoms with Crippen molar-refractivity contribution in [1.29, 1.82) is 0 Å². The summed E-state index contributed by atoms with van der Waals surface area (Å²) in [7, 11) is 1.69. The van der Waals surface area contributed by atoms with E-state index in [1.54, 1.807) is 7.05 Å². The molecule has 0 bridgehead atoms. The maximum atomic E-state index is 12.6. The molecule has 1 aromatic heterocycles. The molecule has 0 aliphatic carbocycles. The van der Waals surface area contributed by atoms with Gasteiger partial charge in [-0.05, 0) is 37.1 Å². The average molecular weight is 425 g/mol. The van der Waals surface area contributed by atoms with Crippen LogP contribution in [0.4, 0.5) is 10.8 Å². The van der Waals surface area contributed by atoms with Gasteiger partial charge in [0.25, 0.3) is 0 Å². The fraction of sp³-hybridized carbons (Fsp3) is 0.238. The number of amidine groups is 1. The summed E-state index contributed by atoms with van der Waals surface area (Å²) in [4.78, 5) is 35.8. The van der Waals surface area contributed by atoms with Crippen LogP contribution < -0.4 is 5.32 Å². The van der Waals surface area contributed by atoms with Crippen molar-refractivity contribution in [3.8, 4) is 0 Å². The van der Waals surface area contributed by atoms with Crippen LogP contribution in [0, 0.1) is 13.8 Å². The number of benzene rings is 2. The second kappa shape index (κ2) is 7.96. The van der Waals surface area contributed by atoms with E-state index >= 15 is 0 Å².